The Kier molecular flexibility index (Phi) is 3.19. The van der Waals surface area contributed by atoms with Gasteiger partial charge in [0.15, 0.2) is 5.82 Å². The summed E-state index contributed by atoms with van der Waals surface area (Å²) in [6.45, 7) is 6.25. The highest BCUT2D eigenvalue weighted by Crippen LogP contribution is 2.21. The van der Waals surface area contributed by atoms with Gasteiger partial charge < -0.3 is 5.32 Å². The van der Waals surface area contributed by atoms with E-state index in [2.05, 4.69) is 59.7 Å². The van der Waals surface area contributed by atoms with E-state index in [0.717, 1.165) is 16.5 Å². The average Bonchev–Trinajstić information content (AvgIpc) is 2.66. The molecule has 0 atom stereocenters. The van der Waals surface area contributed by atoms with Gasteiger partial charge >= 0.3 is 0 Å². The molecule has 0 aliphatic heterocycles. The Balaban J connectivity index is 2.21. The van der Waals surface area contributed by atoms with Crippen LogP contribution in [0.15, 0.2) is 24.3 Å². The maximum atomic E-state index is 4.45. The van der Waals surface area contributed by atoms with Crippen molar-refractivity contribution in [2.45, 2.75) is 26.8 Å². The standard InChI is InChI=1S/C12H15N3S/c1-8(2)13-12-14-11(15-16-12)10-6-4-9(3)5-7-10/h4-8H,1-3H3,(H,13,14,15). The van der Waals surface area contributed by atoms with Gasteiger partial charge in [-0.1, -0.05) is 29.8 Å². The number of nitrogens with zero attached hydrogens (tertiary/aromatic N) is 2. The van der Waals surface area contributed by atoms with Gasteiger partial charge in [-0.3, -0.25) is 0 Å². The largest absolute Gasteiger partial charge is 0.358 e. The normalized spacial score (nSPS) is 10.8. The number of hydrogen-bond donors (Lipinski definition) is 1. The minimum absolute atomic E-state index is 0.388. The molecule has 0 aliphatic rings. The van der Waals surface area contributed by atoms with Crippen LogP contribution in [0.4, 0.5) is 5.13 Å². The third kappa shape index (κ3) is 2.58. The van der Waals surface area contributed by atoms with Crippen LogP contribution in [0.3, 0.4) is 0 Å². The number of benzene rings is 1. The van der Waals surface area contributed by atoms with Crippen LogP contribution < -0.4 is 5.32 Å². The van der Waals surface area contributed by atoms with Crippen LogP contribution in [0.2, 0.25) is 0 Å². The molecule has 0 aliphatic carbocycles. The first-order valence-electron chi connectivity index (χ1n) is 5.32. The van der Waals surface area contributed by atoms with Crippen LogP contribution in [-0.4, -0.2) is 15.4 Å². The minimum Gasteiger partial charge on any atom is -0.358 e. The van der Waals surface area contributed by atoms with E-state index in [-0.39, 0.29) is 0 Å². The van der Waals surface area contributed by atoms with E-state index in [1.54, 1.807) is 0 Å². The second-order valence-electron chi connectivity index (χ2n) is 4.09. The van der Waals surface area contributed by atoms with Gasteiger partial charge in [0.2, 0.25) is 5.13 Å². The van der Waals surface area contributed by atoms with Crippen molar-refractivity contribution >= 4 is 16.7 Å². The van der Waals surface area contributed by atoms with Gasteiger partial charge in [0.1, 0.15) is 0 Å². The van der Waals surface area contributed by atoms with Crippen molar-refractivity contribution in [3.8, 4) is 11.4 Å². The summed E-state index contributed by atoms with van der Waals surface area (Å²) in [4.78, 5) is 4.45. The summed E-state index contributed by atoms with van der Waals surface area (Å²) in [5.74, 6) is 0.799. The molecular formula is C12H15N3S. The zero-order valence-electron chi connectivity index (χ0n) is 9.69. The number of rotatable bonds is 3. The van der Waals surface area contributed by atoms with E-state index < -0.39 is 0 Å². The third-order valence-corrected chi connectivity index (χ3v) is 2.79. The van der Waals surface area contributed by atoms with Crippen LogP contribution in [-0.2, 0) is 0 Å². The quantitative estimate of drug-likeness (QED) is 0.883. The van der Waals surface area contributed by atoms with Crippen LogP contribution in [0.5, 0.6) is 0 Å². The molecule has 0 saturated heterocycles. The number of nitrogens with one attached hydrogen (secondary N) is 1. The van der Waals surface area contributed by atoms with Crippen LogP contribution >= 0.6 is 11.5 Å². The highest BCUT2D eigenvalue weighted by molar-refractivity contribution is 7.09. The fraction of sp³-hybridized carbons (Fsp3) is 0.333. The Hall–Kier alpha value is -1.42. The number of aromatic nitrogens is 2. The highest BCUT2D eigenvalue weighted by atomic mass is 32.1. The lowest BCUT2D eigenvalue weighted by molar-refractivity contribution is 0.896. The monoisotopic (exact) mass is 233 g/mol. The van der Waals surface area contributed by atoms with E-state index >= 15 is 0 Å². The molecule has 3 nitrogen and oxygen atoms in total. The molecule has 2 aromatic rings. The molecule has 0 spiro atoms. The number of hydrogen-bond acceptors (Lipinski definition) is 4. The summed E-state index contributed by atoms with van der Waals surface area (Å²) in [6, 6.07) is 8.64. The first-order chi connectivity index (χ1) is 7.65. The predicted octanol–water partition coefficient (Wildman–Crippen LogP) is 3.33. The maximum Gasteiger partial charge on any atom is 0.203 e. The molecule has 2 rings (SSSR count). The van der Waals surface area contributed by atoms with Gasteiger partial charge in [0, 0.05) is 23.1 Å². The summed E-state index contributed by atoms with van der Waals surface area (Å²) >= 11 is 1.40. The van der Waals surface area contributed by atoms with Gasteiger partial charge in [0.25, 0.3) is 0 Å². The summed E-state index contributed by atoms with van der Waals surface area (Å²) in [5.41, 5.74) is 2.32. The summed E-state index contributed by atoms with van der Waals surface area (Å²) in [7, 11) is 0. The van der Waals surface area contributed by atoms with Crippen molar-refractivity contribution in [3.05, 3.63) is 29.8 Å². The zero-order chi connectivity index (χ0) is 11.5. The van der Waals surface area contributed by atoms with Crippen molar-refractivity contribution in [1.29, 1.82) is 0 Å². The second kappa shape index (κ2) is 4.61. The smallest absolute Gasteiger partial charge is 0.203 e. The minimum atomic E-state index is 0.388. The molecule has 0 amide bonds. The molecule has 1 heterocycles. The van der Waals surface area contributed by atoms with Gasteiger partial charge in [-0.15, -0.1) is 0 Å². The van der Waals surface area contributed by atoms with Crippen LogP contribution in [0.1, 0.15) is 19.4 Å². The fourth-order valence-electron chi connectivity index (χ4n) is 1.35. The lowest BCUT2D eigenvalue weighted by Crippen LogP contribution is -2.08. The topological polar surface area (TPSA) is 37.8 Å². The first-order valence-corrected chi connectivity index (χ1v) is 6.10. The van der Waals surface area contributed by atoms with E-state index in [0.29, 0.717) is 6.04 Å². The van der Waals surface area contributed by atoms with E-state index in [1.165, 1.54) is 17.1 Å². The van der Waals surface area contributed by atoms with Gasteiger partial charge in [-0.25, -0.2) is 0 Å². The SMILES string of the molecule is Cc1ccc(-c2nsc(NC(C)C)n2)cc1. The highest BCUT2D eigenvalue weighted by Gasteiger charge is 2.06. The molecule has 0 radical (unpaired) electrons. The lowest BCUT2D eigenvalue weighted by atomic mass is 10.1. The molecule has 0 bridgehead atoms. The van der Waals surface area contributed by atoms with E-state index in [4.69, 9.17) is 0 Å². The predicted molar refractivity (Wildman–Crippen MR) is 68.8 cm³/mol. The van der Waals surface area contributed by atoms with E-state index in [1.807, 2.05) is 0 Å². The second-order valence-corrected chi connectivity index (χ2v) is 4.84. The average molecular weight is 233 g/mol. The van der Waals surface area contributed by atoms with Crippen molar-refractivity contribution in [2.24, 2.45) is 0 Å². The van der Waals surface area contributed by atoms with Gasteiger partial charge in [-0.05, 0) is 20.8 Å². The van der Waals surface area contributed by atoms with Gasteiger partial charge in [-0.2, -0.15) is 9.36 Å². The molecule has 0 saturated carbocycles. The summed E-state index contributed by atoms with van der Waals surface area (Å²) in [5, 5.41) is 4.13. The van der Waals surface area contributed by atoms with Crippen molar-refractivity contribution in [1.82, 2.24) is 9.36 Å². The van der Waals surface area contributed by atoms with Crippen molar-refractivity contribution in [3.63, 3.8) is 0 Å². The Morgan fingerprint density at radius 1 is 1.19 bits per heavy atom. The molecule has 0 fully saturated rings. The molecule has 84 valence electrons. The Bertz CT molecular complexity index is 459. The molecule has 1 aromatic heterocycles. The zero-order valence-corrected chi connectivity index (χ0v) is 10.5. The number of anilines is 1. The molecule has 4 heteroatoms. The molecule has 1 N–H and O–H groups in total. The van der Waals surface area contributed by atoms with E-state index in [9.17, 15) is 0 Å². The van der Waals surface area contributed by atoms with Gasteiger partial charge in [0.05, 0.1) is 0 Å². The fourth-order valence-corrected chi connectivity index (χ4v) is 2.08. The Morgan fingerprint density at radius 2 is 1.88 bits per heavy atom. The van der Waals surface area contributed by atoms with Crippen molar-refractivity contribution < 1.29 is 0 Å². The Morgan fingerprint density at radius 3 is 2.50 bits per heavy atom. The molecule has 16 heavy (non-hydrogen) atoms. The summed E-state index contributed by atoms with van der Waals surface area (Å²) < 4.78 is 4.34. The number of aryl methyl sites for hydroxylation is 1. The van der Waals surface area contributed by atoms with Crippen molar-refractivity contribution in [2.75, 3.05) is 5.32 Å². The lowest BCUT2D eigenvalue weighted by Gasteiger charge is -2.03. The molecule has 1 aromatic carbocycles. The molecular weight excluding hydrogens is 218 g/mol. The van der Waals surface area contributed by atoms with Crippen LogP contribution in [0, 0.1) is 6.92 Å². The third-order valence-electron chi connectivity index (χ3n) is 2.15. The van der Waals surface area contributed by atoms with Crippen LogP contribution in [0.25, 0.3) is 11.4 Å². The Labute approximate surface area is 99.7 Å². The first kappa shape index (κ1) is 11.1. The molecule has 0 unspecified atom stereocenters. The maximum absolute atomic E-state index is 4.45. The summed E-state index contributed by atoms with van der Waals surface area (Å²) in [6.07, 6.45) is 0.